The van der Waals surface area contributed by atoms with Gasteiger partial charge in [-0.1, -0.05) is 13.3 Å². The fraction of sp³-hybridized carbons (Fsp3) is 0.643. The first-order chi connectivity index (χ1) is 8.99. The molecular weight excluding hydrogens is 262 g/mol. The first-order valence-corrected chi connectivity index (χ1v) is 7.63. The lowest BCUT2D eigenvalue weighted by molar-refractivity contribution is -0.144. The van der Waals surface area contributed by atoms with E-state index in [-0.39, 0.29) is 0 Å². The molecule has 1 atom stereocenters. The van der Waals surface area contributed by atoms with Gasteiger partial charge < -0.3 is 14.8 Å². The second-order valence-electron chi connectivity index (χ2n) is 4.81. The lowest BCUT2D eigenvalue weighted by Gasteiger charge is -2.25. The number of thioether (sulfide) groups is 1. The van der Waals surface area contributed by atoms with E-state index in [4.69, 9.17) is 4.42 Å². The van der Waals surface area contributed by atoms with E-state index in [9.17, 15) is 9.90 Å². The van der Waals surface area contributed by atoms with E-state index in [1.165, 1.54) is 4.90 Å². The van der Waals surface area contributed by atoms with Gasteiger partial charge in [-0.15, -0.1) is 11.8 Å². The average molecular weight is 285 g/mol. The Morgan fingerprint density at radius 1 is 1.53 bits per heavy atom. The van der Waals surface area contributed by atoms with Crippen LogP contribution in [0.1, 0.15) is 38.9 Å². The van der Waals surface area contributed by atoms with E-state index in [0.29, 0.717) is 13.0 Å². The Hall–Kier alpha value is -0.940. The topological polar surface area (TPSA) is 62.5 Å². The summed E-state index contributed by atoms with van der Waals surface area (Å²) >= 11 is 1.76. The van der Waals surface area contributed by atoms with Crippen LogP contribution in [-0.2, 0) is 4.79 Å². The van der Waals surface area contributed by atoms with Crippen molar-refractivity contribution in [2.75, 3.05) is 12.3 Å². The molecule has 4 nitrogen and oxygen atoms in total. The molecule has 0 saturated heterocycles. The zero-order valence-corrected chi connectivity index (χ0v) is 12.7. The second kappa shape index (κ2) is 7.60. The van der Waals surface area contributed by atoms with Gasteiger partial charge in [0.15, 0.2) is 0 Å². The highest BCUT2D eigenvalue weighted by Gasteiger charge is 2.30. The Bertz CT molecular complexity index is 405. The van der Waals surface area contributed by atoms with Crippen molar-refractivity contribution in [3.8, 4) is 0 Å². The molecule has 0 saturated carbocycles. The number of carbonyl (C=O) groups is 1. The van der Waals surface area contributed by atoms with Crippen LogP contribution in [0, 0.1) is 6.92 Å². The van der Waals surface area contributed by atoms with Crippen LogP contribution < -0.4 is 5.32 Å². The molecule has 1 aromatic rings. The average Bonchev–Trinajstić information content (AvgIpc) is 2.75. The largest absolute Gasteiger partial charge is 0.480 e. The summed E-state index contributed by atoms with van der Waals surface area (Å²) in [5.74, 6) is 1.17. The quantitative estimate of drug-likeness (QED) is 0.538. The van der Waals surface area contributed by atoms with Crippen LogP contribution in [0.5, 0.6) is 0 Å². The molecule has 0 aliphatic carbocycles. The molecule has 1 rings (SSSR count). The summed E-state index contributed by atoms with van der Waals surface area (Å²) in [6.07, 6.45) is 4.26. The molecule has 1 heterocycles. The molecule has 19 heavy (non-hydrogen) atoms. The van der Waals surface area contributed by atoms with Gasteiger partial charge in [-0.05, 0) is 45.1 Å². The van der Waals surface area contributed by atoms with Gasteiger partial charge >= 0.3 is 5.97 Å². The Morgan fingerprint density at radius 3 is 2.79 bits per heavy atom. The highest BCUT2D eigenvalue weighted by atomic mass is 32.2. The molecule has 2 N–H and O–H groups in total. The van der Waals surface area contributed by atoms with Gasteiger partial charge in [0.05, 0.1) is 6.26 Å². The van der Waals surface area contributed by atoms with Gasteiger partial charge in [0.1, 0.15) is 11.3 Å². The molecular formula is C14H23NO3S. The molecule has 0 spiro atoms. The first-order valence-electron chi connectivity index (χ1n) is 6.65. The van der Waals surface area contributed by atoms with E-state index < -0.39 is 11.5 Å². The van der Waals surface area contributed by atoms with Crippen LogP contribution in [0.25, 0.3) is 0 Å². The smallest absolute Gasteiger partial charge is 0.323 e. The summed E-state index contributed by atoms with van der Waals surface area (Å²) in [4.78, 5) is 12.4. The number of furan rings is 1. The maximum absolute atomic E-state index is 11.2. The summed E-state index contributed by atoms with van der Waals surface area (Å²) in [6, 6.07) is 1.97. The summed E-state index contributed by atoms with van der Waals surface area (Å²) < 4.78 is 5.23. The van der Waals surface area contributed by atoms with Crippen molar-refractivity contribution in [2.45, 2.75) is 50.5 Å². The third-order valence-corrected chi connectivity index (χ3v) is 4.41. The van der Waals surface area contributed by atoms with Crippen molar-refractivity contribution in [1.82, 2.24) is 5.32 Å². The van der Waals surface area contributed by atoms with Gasteiger partial charge in [0.2, 0.25) is 0 Å². The fourth-order valence-electron chi connectivity index (χ4n) is 1.95. The summed E-state index contributed by atoms with van der Waals surface area (Å²) in [6.45, 7) is 6.31. The highest BCUT2D eigenvalue weighted by molar-refractivity contribution is 7.99. The number of carboxylic acids is 1. The Kier molecular flexibility index (Phi) is 6.45. The minimum absolute atomic E-state index is 0.654. The highest BCUT2D eigenvalue weighted by Crippen LogP contribution is 2.25. The number of unbranched alkanes of at least 4 members (excludes halogenated alkanes) is 1. The normalized spacial score (nSPS) is 14.3. The lowest BCUT2D eigenvalue weighted by atomic mass is 9.95. The number of aliphatic carboxylic acids is 1. The molecule has 1 aromatic heterocycles. The van der Waals surface area contributed by atoms with Crippen LogP contribution in [0.2, 0.25) is 0 Å². The Labute approximate surface area is 119 Å². The predicted octanol–water partition coefficient (Wildman–Crippen LogP) is 3.30. The van der Waals surface area contributed by atoms with E-state index in [0.717, 1.165) is 24.4 Å². The van der Waals surface area contributed by atoms with Crippen LogP contribution in [0.15, 0.2) is 21.6 Å². The molecule has 0 aromatic carbocycles. The van der Waals surface area contributed by atoms with Crippen molar-refractivity contribution < 1.29 is 14.3 Å². The molecule has 0 aliphatic rings. The standard InChI is InChI=1S/C14H23NO3S/c1-4-15-14(3,13(16)17)8-5-6-10-19-12-7-9-18-11(12)2/h7,9,15H,4-6,8,10H2,1-3H3,(H,16,17). The molecule has 0 fully saturated rings. The summed E-state index contributed by atoms with van der Waals surface area (Å²) in [5, 5.41) is 12.3. The number of carboxylic acid groups (broad SMARTS) is 1. The van der Waals surface area contributed by atoms with E-state index in [2.05, 4.69) is 5.32 Å². The van der Waals surface area contributed by atoms with Crippen LogP contribution in [-0.4, -0.2) is 28.9 Å². The van der Waals surface area contributed by atoms with Crippen LogP contribution in [0.3, 0.4) is 0 Å². The number of nitrogens with one attached hydrogen (secondary N) is 1. The van der Waals surface area contributed by atoms with E-state index >= 15 is 0 Å². The van der Waals surface area contributed by atoms with Gasteiger partial charge in [-0.3, -0.25) is 4.79 Å². The third-order valence-electron chi connectivity index (χ3n) is 3.18. The van der Waals surface area contributed by atoms with Crippen molar-refractivity contribution >= 4 is 17.7 Å². The minimum Gasteiger partial charge on any atom is -0.480 e. The summed E-state index contributed by atoms with van der Waals surface area (Å²) in [5.41, 5.74) is -0.801. The molecule has 0 aliphatic heterocycles. The van der Waals surface area contributed by atoms with Gasteiger partial charge in [0, 0.05) is 4.90 Å². The van der Waals surface area contributed by atoms with Gasteiger partial charge in [-0.25, -0.2) is 0 Å². The number of aryl methyl sites for hydroxylation is 1. The molecule has 1 unspecified atom stereocenters. The molecule has 0 radical (unpaired) electrons. The van der Waals surface area contributed by atoms with Crippen molar-refractivity contribution in [2.24, 2.45) is 0 Å². The number of hydrogen-bond acceptors (Lipinski definition) is 4. The van der Waals surface area contributed by atoms with E-state index in [1.54, 1.807) is 24.9 Å². The zero-order chi connectivity index (χ0) is 14.3. The maximum atomic E-state index is 11.2. The number of hydrogen-bond donors (Lipinski definition) is 2. The van der Waals surface area contributed by atoms with Crippen molar-refractivity contribution in [3.63, 3.8) is 0 Å². The first kappa shape index (κ1) is 16.1. The van der Waals surface area contributed by atoms with E-state index in [1.807, 2.05) is 19.9 Å². The van der Waals surface area contributed by atoms with Gasteiger partial charge in [0.25, 0.3) is 0 Å². The monoisotopic (exact) mass is 285 g/mol. The van der Waals surface area contributed by atoms with Crippen molar-refractivity contribution in [1.29, 1.82) is 0 Å². The number of likely N-dealkylation sites (N-methyl/N-ethyl adjacent to an activating group) is 1. The molecule has 108 valence electrons. The third kappa shape index (κ3) is 4.91. The van der Waals surface area contributed by atoms with Gasteiger partial charge in [-0.2, -0.15) is 0 Å². The number of rotatable bonds is 9. The molecule has 5 heteroatoms. The second-order valence-corrected chi connectivity index (χ2v) is 5.95. The minimum atomic E-state index is -0.801. The van der Waals surface area contributed by atoms with Crippen LogP contribution >= 0.6 is 11.8 Å². The Balaban J connectivity index is 2.26. The SMILES string of the molecule is CCNC(C)(CCCCSc1ccoc1C)C(=O)O. The lowest BCUT2D eigenvalue weighted by Crippen LogP contribution is -2.49. The van der Waals surface area contributed by atoms with Crippen molar-refractivity contribution in [3.05, 3.63) is 18.1 Å². The zero-order valence-electron chi connectivity index (χ0n) is 11.9. The fourth-order valence-corrected chi connectivity index (χ4v) is 2.92. The molecule has 0 bridgehead atoms. The summed E-state index contributed by atoms with van der Waals surface area (Å²) in [7, 11) is 0. The molecule has 0 amide bonds. The predicted molar refractivity (Wildman–Crippen MR) is 77.7 cm³/mol. The van der Waals surface area contributed by atoms with Crippen LogP contribution in [0.4, 0.5) is 0 Å². The maximum Gasteiger partial charge on any atom is 0.323 e. The Morgan fingerprint density at radius 2 is 2.26 bits per heavy atom.